The van der Waals surface area contributed by atoms with E-state index in [0.717, 1.165) is 10.2 Å². The van der Waals surface area contributed by atoms with Crippen LogP contribution < -0.4 is 5.73 Å². The number of hydrogen-bond acceptors (Lipinski definition) is 1. The molecule has 0 radical (unpaired) electrons. The van der Waals surface area contributed by atoms with Crippen molar-refractivity contribution in [3.63, 3.8) is 0 Å². The summed E-state index contributed by atoms with van der Waals surface area (Å²) in [6.07, 6.45) is 0. The fourth-order valence-corrected chi connectivity index (χ4v) is 1.90. The Morgan fingerprint density at radius 1 is 1.00 bits per heavy atom. The summed E-state index contributed by atoms with van der Waals surface area (Å²) in [5, 5.41) is 0. The minimum absolute atomic E-state index is 0.813. The summed E-state index contributed by atoms with van der Waals surface area (Å²) in [4.78, 5) is 0. The lowest BCUT2D eigenvalue weighted by atomic mass is 10.0. The fourth-order valence-electron chi connectivity index (χ4n) is 1.64. The smallest absolute Gasteiger partial charge is 0.0317 e. The molecule has 2 heteroatoms. The quantitative estimate of drug-likeness (QED) is 0.772. The summed E-state index contributed by atoms with van der Waals surface area (Å²) >= 11 is 3.43. The first kappa shape index (κ1) is 10.2. The van der Waals surface area contributed by atoms with Crippen LogP contribution in [0, 0.1) is 6.92 Å². The molecule has 1 nitrogen and oxygen atoms in total. The van der Waals surface area contributed by atoms with Crippen molar-refractivity contribution in [2.45, 2.75) is 6.92 Å². The zero-order chi connectivity index (χ0) is 10.8. The molecule has 0 fully saturated rings. The Labute approximate surface area is 98.1 Å². The van der Waals surface area contributed by atoms with E-state index >= 15 is 0 Å². The lowest BCUT2D eigenvalue weighted by Gasteiger charge is -2.06. The van der Waals surface area contributed by atoms with E-state index in [0.29, 0.717) is 0 Å². The highest BCUT2D eigenvalue weighted by atomic mass is 79.9. The molecule has 0 saturated carbocycles. The molecular formula is C13H12BrN. The third-order valence-electron chi connectivity index (χ3n) is 2.41. The standard InChI is InChI=1S/C13H12BrN/c1-9-8-12(15)6-7-13(9)10-2-4-11(14)5-3-10/h2-8H,15H2,1H3. The van der Waals surface area contributed by atoms with Gasteiger partial charge in [0.05, 0.1) is 0 Å². The van der Waals surface area contributed by atoms with E-state index in [1.54, 1.807) is 0 Å². The number of rotatable bonds is 1. The minimum atomic E-state index is 0.813. The maximum atomic E-state index is 5.72. The van der Waals surface area contributed by atoms with Gasteiger partial charge in [0, 0.05) is 10.2 Å². The Morgan fingerprint density at radius 2 is 1.67 bits per heavy atom. The Hall–Kier alpha value is -1.28. The van der Waals surface area contributed by atoms with Crippen LogP contribution in [0.3, 0.4) is 0 Å². The Bertz CT molecular complexity index is 474. The second-order valence-corrected chi connectivity index (χ2v) is 4.50. The summed E-state index contributed by atoms with van der Waals surface area (Å²) in [5.74, 6) is 0. The monoisotopic (exact) mass is 261 g/mol. The summed E-state index contributed by atoms with van der Waals surface area (Å²) in [6.45, 7) is 2.08. The second-order valence-electron chi connectivity index (χ2n) is 3.58. The Morgan fingerprint density at radius 3 is 2.27 bits per heavy atom. The average molecular weight is 262 g/mol. The molecule has 0 aliphatic heterocycles. The zero-order valence-corrected chi connectivity index (χ0v) is 10.1. The fraction of sp³-hybridized carbons (Fsp3) is 0.0769. The third kappa shape index (κ3) is 2.21. The molecule has 0 spiro atoms. The first-order chi connectivity index (χ1) is 7.16. The van der Waals surface area contributed by atoms with Crippen molar-refractivity contribution in [2.24, 2.45) is 0 Å². The molecule has 0 heterocycles. The lowest BCUT2D eigenvalue weighted by Crippen LogP contribution is -1.88. The van der Waals surface area contributed by atoms with Gasteiger partial charge in [-0.1, -0.05) is 34.1 Å². The average Bonchev–Trinajstić information content (AvgIpc) is 2.20. The molecule has 0 saturated heterocycles. The largest absolute Gasteiger partial charge is 0.399 e. The first-order valence-corrected chi connectivity index (χ1v) is 5.58. The lowest BCUT2D eigenvalue weighted by molar-refractivity contribution is 1.45. The highest BCUT2D eigenvalue weighted by Gasteiger charge is 2.01. The van der Waals surface area contributed by atoms with Crippen molar-refractivity contribution in [1.29, 1.82) is 0 Å². The van der Waals surface area contributed by atoms with Crippen LogP contribution in [0.1, 0.15) is 5.56 Å². The maximum Gasteiger partial charge on any atom is 0.0317 e. The van der Waals surface area contributed by atoms with Crippen LogP contribution in [0.2, 0.25) is 0 Å². The number of benzene rings is 2. The van der Waals surface area contributed by atoms with Crippen LogP contribution in [-0.4, -0.2) is 0 Å². The molecule has 15 heavy (non-hydrogen) atoms. The zero-order valence-electron chi connectivity index (χ0n) is 8.50. The number of nitrogen functional groups attached to an aromatic ring is 1. The molecular weight excluding hydrogens is 250 g/mol. The molecule has 0 atom stereocenters. The van der Waals surface area contributed by atoms with E-state index in [2.05, 4.69) is 41.1 Å². The second kappa shape index (κ2) is 4.07. The van der Waals surface area contributed by atoms with Crippen molar-refractivity contribution in [2.75, 3.05) is 5.73 Å². The number of nitrogens with two attached hydrogens (primary N) is 1. The van der Waals surface area contributed by atoms with E-state index in [9.17, 15) is 0 Å². The van der Waals surface area contributed by atoms with E-state index < -0.39 is 0 Å². The molecule has 0 aromatic heterocycles. The van der Waals surface area contributed by atoms with Gasteiger partial charge in [0.15, 0.2) is 0 Å². The van der Waals surface area contributed by atoms with Gasteiger partial charge in [-0.25, -0.2) is 0 Å². The van der Waals surface area contributed by atoms with E-state index in [1.807, 2.05) is 24.3 Å². The molecule has 2 rings (SSSR count). The molecule has 0 aliphatic rings. The Balaban J connectivity index is 2.49. The summed E-state index contributed by atoms with van der Waals surface area (Å²) < 4.78 is 1.10. The SMILES string of the molecule is Cc1cc(N)ccc1-c1ccc(Br)cc1. The van der Waals surface area contributed by atoms with Gasteiger partial charge in [0.1, 0.15) is 0 Å². The van der Waals surface area contributed by atoms with E-state index in [-0.39, 0.29) is 0 Å². The molecule has 2 aromatic carbocycles. The topological polar surface area (TPSA) is 26.0 Å². The van der Waals surface area contributed by atoms with Gasteiger partial charge in [0.2, 0.25) is 0 Å². The van der Waals surface area contributed by atoms with Crippen LogP contribution in [0.5, 0.6) is 0 Å². The number of halogens is 1. The molecule has 0 amide bonds. The number of aryl methyl sites for hydroxylation is 1. The van der Waals surface area contributed by atoms with Crippen LogP contribution >= 0.6 is 15.9 Å². The van der Waals surface area contributed by atoms with Gasteiger partial charge in [-0.05, 0) is 47.9 Å². The maximum absolute atomic E-state index is 5.72. The van der Waals surface area contributed by atoms with Gasteiger partial charge in [-0.2, -0.15) is 0 Å². The predicted octanol–water partition coefficient (Wildman–Crippen LogP) is 4.01. The first-order valence-electron chi connectivity index (χ1n) is 4.79. The van der Waals surface area contributed by atoms with Gasteiger partial charge in [0.25, 0.3) is 0 Å². The molecule has 2 aromatic rings. The van der Waals surface area contributed by atoms with Gasteiger partial charge < -0.3 is 5.73 Å². The van der Waals surface area contributed by atoms with Crippen molar-refractivity contribution < 1.29 is 0 Å². The predicted molar refractivity (Wildman–Crippen MR) is 68.7 cm³/mol. The molecule has 0 unspecified atom stereocenters. The third-order valence-corrected chi connectivity index (χ3v) is 2.93. The van der Waals surface area contributed by atoms with Crippen LogP contribution in [0.4, 0.5) is 5.69 Å². The molecule has 0 bridgehead atoms. The van der Waals surface area contributed by atoms with Crippen LogP contribution in [-0.2, 0) is 0 Å². The molecule has 2 N–H and O–H groups in total. The van der Waals surface area contributed by atoms with Crippen molar-refractivity contribution in [1.82, 2.24) is 0 Å². The van der Waals surface area contributed by atoms with E-state index in [4.69, 9.17) is 5.73 Å². The number of hydrogen-bond donors (Lipinski definition) is 1. The summed E-state index contributed by atoms with van der Waals surface area (Å²) in [6, 6.07) is 14.3. The van der Waals surface area contributed by atoms with E-state index in [1.165, 1.54) is 16.7 Å². The molecule has 0 aliphatic carbocycles. The highest BCUT2D eigenvalue weighted by molar-refractivity contribution is 9.10. The Kier molecular flexibility index (Phi) is 2.78. The highest BCUT2D eigenvalue weighted by Crippen LogP contribution is 2.26. The van der Waals surface area contributed by atoms with Crippen LogP contribution in [0.25, 0.3) is 11.1 Å². The number of anilines is 1. The van der Waals surface area contributed by atoms with Crippen molar-refractivity contribution >= 4 is 21.6 Å². The van der Waals surface area contributed by atoms with Gasteiger partial charge in [-0.3, -0.25) is 0 Å². The minimum Gasteiger partial charge on any atom is -0.399 e. The normalized spacial score (nSPS) is 10.3. The summed E-state index contributed by atoms with van der Waals surface area (Å²) in [7, 11) is 0. The molecule has 76 valence electrons. The van der Waals surface area contributed by atoms with Gasteiger partial charge in [-0.15, -0.1) is 0 Å². The van der Waals surface area contributed by atoms with Crippen molar-refractivity contribution in [3.8, 4) is 11.1 Å². The van der Waals surface area contributed by atoms with Crippen molar-refractivity contribution in [3.05, 3.63) is 52.5 Å². The summed E-state index contributed by atoms with van der Waals surface area (Å²) in [5.41, 5.74) is 10.2. The van der Waals surface area contributed by atoms with Gasteiger partial charge >= 0.3 is 0 Å². The van der Waals surface area contributed by atoms with Crippen LogP contribution in [0.15, 0.2) is 46.9 Å².